The Bertz CT molecular complexity index is 951. The molecule has 4 rings (SSSR count). The monoisotopic (exact) mass is 441 g/mol. The smallest absolute Gasteiger partial charge is 0.251 e. The maximum atomic E-state index is 12.3. The SMILES string of the molecule is O=C(/C=C/c1ccc(C(=O)NC2CC2)cc1)Nc1ccc(N2CCSCC2)c(Cl)c1. The van der Waals surface area contributed by atoms with Gasteiger partial charge in [-0.1, -0.05) is 23.7 Å². The molecule has 2 aliphatic rings. The van der Waals surface area contributed by atoms with Crippen LogP contribution in [0.15, 0.2) is 48.5 Å². The Morgan fingerprint density at radius 2 is 1.80 bits per heavy atom. The van der Waals surface area contributed by atoms with Crippen LogP contribution in [-0.4, -0.2) is 42.5 Å². The summed E-state index contributed by atoms with van der Waals surface area (Å²) in [5.41, 5.74) is 3.16. The third-order valence-corrected chi connectivity index (χ3v) is 6.32. The summed E-state index contributed by atoms with van der Waals surface area (Å²) in [6.07, 6.45) is 5.32. The normalized spacial score (nSPS) is 16.5. The summed E-state index contributed by atoms with van der Waals surface area (Å²) in [4.78, 5) is 26.6. The molecule has 5 nitrogen and oxygen atoms in total. The van der Waals surface area contributed by atoms with Crippen molar-refractivity contribution in [1.82, 2.24) is 5.32 Å². The van der Waals surface area contributed by atoms with Crippen molar-refractivity contribution in [2.75, 3.05) is 34.8 Å². The quantitative estimate of drug-likeness (QED) is 0.650. The van der Waals surface area contributed by atoms with Gasteiger partial charge in [-0.3, -0.25) is 9.59 Å². The summed E-state index contributed by atoms with van der Waals surface area (Å²) < 4.78 is 0. The Labute approximate surface area is 185 Å². The van der Waals surface area contributed by atoms with Gasteiger partial charge < -0.3 is 15.5 Å². The van der Waals surface area contributed by atoms with Crippen molar-refractivity contribution in [2.24, 2.45) is 0 Å². The van der Waals surface area contributed by atoms with Gasteiger partial charge in [0.25, 0.3) is 5.91 Å². The van der Waals surface area contributed by atoms with Crippen LogP contribution in [0.2, 0.25) is 5.02 Å². The average Bonchev–Trinajstić information content (AvgIpc) is 3.57. The van der Waals surface area contributed by atoms with Crippen LogP contribution in [0.5, 0.6) is 0 Å². The molecule has 1 aliphatic carbocycles. The molecule has 2 N–H and O–H groups in total. The highest BCUT2D eigenvalue weighted by Crippen LogP contribution is 2.30. The highest BCUT2D eigenvalue weighted by atomic mass is 35.5. The Hall–Kier alpha value is -2.44. The summed E-state index contributed by atoms with van der Waals surface area (Å²) in [6.45, 7) is 1.97. The zero-order valence-corrected chi connectivity index (χ0v) is 18.1. The number of carbonyl (C=O) groups is 2. The number of rotatable bonds is 6. The average molecular weight is 442 g/mol. The van der Waals surface area contributed by atoms with Gasteiger partial charge in [0, 0.05) is 48.0 Å². The molecule has 2 aromatic carbocycles. The first-order valence-electron chi connectivity index (χ1n) is 10.1. The Balaban J connectivity index is 1.33. The standard InChI is InChI=1S/C23H24ClN3O2S/c24-20-15-19(8-9-21(20)27-11-13-30-14-12-27)25-22(28)10-3-16-1-4-17(5-2-16)23(29)26-18-6-7-18/h1-5,8-10,15,18H,6-7,11-14H2,(H,25,28)(H,26,29)/b10-3+. The molecule has 1 heterocycles. The molecule has 2 amide bonds. The molecular formula is C23H24ClN3O2S. The van der Waals surface area contributed by atoms with Gasteiger partial charge in [0.2, 0.25) is 5.91 Å². The highest BCUT2D eigenvalue weighted by Gasteiger charge is 2.23. The number of benzene rings is 2. The second-order valence-electron chi connectivity index (χ2n) is 7.46. The van der Waals surface area contributed by atoms with Crippen LogP contribution >= 0.6 is 23.4 Å². The molecule has 0 aromatic heterocycles. The Morgan fingerprint density at radius 3 is 2.47 bits per heavy atom. The van der Waals surface area contributed by atoms with Crippen LogP contribution in [0.4, 0.5) is 11.4 Å². The fourth-order valence-corrected chi connectivity index (χ4v) is 4.45. The van der Waals surface area contributed by atoms with Crippen LogP contribution in [0.1, 0.15) is 28.8 Å². The van der Waals surface area contributed by atoms with Crippen molar-refractivity contribution >= 4 is 52.6 Å². The van der Waals surface area contributed by atoms with Gasteiger partial charge in [-0.25, -0.2) is 0 Å². The van der Waals surface area contributed by atoms with E-state index in [0.29, 0.717) is 22.3 Å². The largest absolute Gasteiger partial charge is 0.369 e. The molecule has 1 saturated heterocycles. The van der Waals surface area contributed by atoms with Gasteiger partial charge in [-0.05, 0) is 54.8 Å². The van der Waals surface area contributed by atoms with E-state index in [1.807, 2.05) is 36.0 Å². The molecule has 2 fully saturated rings. The van der Waals surface area contributed by atoms with Crippen molar-refractivity contribution in [1.29, 1.82) is 0 Å². The first-order chi connectivity index (χ1) is 14.6. The van der Waals surface area contributed by atoms with Gasteiger partial charge in [-0.2, -0.15) is 11.8 Å². The second-order valence-corrected chi connectivity index (χ2v) is 9.09. The third-order valence-electron chi connectivity index (χ3n) is 5.08. The lowest BCUT2D eigenvalue weighted by molar-refractivity contribution is -0.111. The zero-order valence-electron chi connectivity index (χ0n) is 16.6. The van der Waals surface area contributed by atoms with Crippen molar-refractivity contribution in [3.63, 3.8) is 0 Å². The minimum Gasteiger partial charge on any atom is -0.369 e. The van der Waals surface area contributed by atoms with E-state index < -0.39 is 0 Å². The lowest BCUT2D eigenvalue weighted by atomic mass is 10.1. The van der Waals surface area contributed by atoms with E-state index in [9.17, 15) is 9.59 Å². The summed E-state index contributed by atoms with van der Waals surface area (Å²) in [5.74, 6) is 1.93. The topological polar surface area (TPSA) is 61.4 Å². The number of carbonyl (C=O) groups excluding carboxylic acids is 2. The van der Waals surface area contributed by atoms with E-state index in [1.54, 1.807) is 24.3 Å². The maximum absolute atomic E-state index is 12.3. The molecule has 30 heavy (non-hydrogen) atoms. The van der Waals surface area contributed by atoms with E-state index >= 15 is 0 Å². The molecule has 1 saturated carbocycles. The summed E-state index contributed by atoms with van der Waals surface area (Å²) >= 11 is 8.40. The molecule has 1 aliphatic heterocycles. The summed E-state index contributed by atoms with van der Waals surface area (Å²) in [6, 6.07) is 13.2. The molecule has 0 atom stereocenters. The Morgan fingerprint density at radius 1 is 1.07 bits per heavy atom. The number of nitrogens with one attached hydrogen (secondary N) is 2. The van der Waals surface area contributed by atoms with Gasteiger partial charge in [0.15, 0.2) is 0 Å². The molecule has 2 aromatic rings. The van der Waals surface area contributed by atoms with Crippen LogP contribution in [0, 0.1) is 0 Å². The molecular weight excluding hydrogens is 418 g/mol. The van der Waals surface area contributed by atoms with E-state index in [1.165, 1.54) is 6.08 Å². The highest BCUT2D eigenvalue weighted by molar-refractivity contribution is 7.99. The van der Waals surface area contributed by atoms with Crippen LogP contribution in [0.3, 0.4) is 0 Å². The van der Waals surface area contributed by atoms with Gasteiger partial charge in [-0.15, -0.1) is 0 Å². The third kappa shape index (κ3) is 5.58. The van der Waals surface area contributed by atoms with E-state index in [4.69, 9.17) is 11.6 Å². The minimum absolute atomic E-state index is 0.0468. The van der Waals surface area contributed by atoms with E-state index in [0.717, 1.165) is 48.7 Å². The first kappa shape index (κ1) is 20.8. The number of nitrogens with zero attached hydrogens (tertiary/aromatic N) is 1. The molecule has 0 radical (unpaired) electrons. The van der Waals surface area contributed by atoms with E-state index in [-0.39, 0.29) is 11.8 Å². The van der Waals surface area contributed by atoms with Crippen molar-refractivity contribution < 1.29 is 9.59 Å². The molecule has 0 bridgehead atoms. The molecule has 0 unspecified atom stereocenters. The van der Waals surface area contributed by atoms with Gasteiger partial charge >= 0.3 is 0 Å². The van der Waals surface area contributed by atoms with Crippen LogP contribution in [-0.2, 0) is 4.79 Å². The van der Waals surface area contributed by atoms with Crippen LogP contribution in [0.25, 0.3) is 6.08 Å². The first-order valence-corrected chi connectivity index (χ1v) is 11.6. The number of thioether (sulfide) groups is 1. The number of anilines is 2. The second kappa shape index (κ2) is 9.58. The van der Waals surface area contributed by atoms with Gasteiger partial charge in [0.05, 0.1) is 10.7 Å². The molecule has 0 spiro atoms. The summed E-state index contributed by atoms with van der Waals surface area (Å²) in [5, 5.41) is 6.45. The zero-order chi connectivity index (χ0) is 20.9. The lowest BCUT2D eigenvalue weighted by Crippen LogP contribution is -2.32. The predicted octanol–water partition coefficient (Wildman–Crippen LogP) is 4.44. The predicted molar refractivity (Wildman–Crippen MR) is 126 cm³/mol. The van der Waals surface area contributed by atoms with Crippen molar-refractivity contribution in [3.05, 3.63) is 64.7 Å². The number of hydrogen-bond acceptors (Lipinski definition) is 4. The minimum atomic E-state index is -0.233. The van der Waals surface area contributed by atoms with Crippen LogP contribution < -0.4 is 15.5 Å². The Kier molecular flexibility index (Phi) is 6.65. The maximum Gasteiger partial charge on any atom is 0.251 e. The van der Waals surface area contributed by atoms with Gasteiger partial charge in [0.1, 0.15) is 0 Å². The number of halogens is 1. The van der Waals surface area contributed by atoms with Crippen molar-refractivity contribution in [3.8, 4) is 0 Å². The van der Waals surface area contributed by atoms with E-state index in [2.05, 4.69) is 15.5 Å². The molecule has 156 valence electrons. The lowest BCUT2D eigenvalue weighted by Gasteiger charge is -2.29. The fourth-order valence-electron chi connectivity index (χ4n) is 3.24. The fraction of sp³-hybridized carbons (Fsp3) is 0.304. The summed E-state index contributed by atoms with van der Waals surface area (Å²) in [7, 11) is 0. The number of hydrogen-bond donors (Lipinski definition) is 2. The van der Waals surface area contributed by atoms with Crippen molar-refractivity contribution in [2.45, 2.75) is 18.9 Å². The molecule has 7 heteroatoms. The number of amides is 2.